The van der Waals surface area contributed by atoms with Crippen molar-refractivity contribution in [3.63, 3.8) is 0 Å². The van der Waals surface area contributed by atoms with Gasteiger partial charge in [0, 0.05) is 6.54 Å². The quantitative estimate of drug-likeness (QED) is 0.696. The minimum atomic E-state index is 0.909. The molecular weight excluding hydrogens is 182 g/mol. The Balaban J connectivity index is 1.93. The van der Waals surface area contributed by atoms with Crippen LogP contribution in [0.2, 0.25) is 0 Å². The van der Waals surface area contributed by atoms with Gasteiger partial charge in [0.2, 0.25) is 0 Å². The third kappa shape index (κ3) is 3.07. The molecule has 0 aromatic carbocycles. The Labute approximate surface area is 94.3 Å². The lowest BCUT2D eigenvalue weighted by Crippen LogP contribution is -2.21. The lowest BCUT2D eigenvalue weighted by molar-refractivity contribution is 0.365. The summed E-state index contributed by atoms with van der Waals surface area (Å²) in [5.74, 6) is 1.84. The normalized spacial score (nSPS) is 25.3. The van der Waals surface area contributed by atoms with Gasteiger partial charge in [0.25, 0.3) is 0 Å². The fraction of sp³-hybridized carbons (Fsp3) is 0.857. The molecule has 86 valence electrons. The summed E-state index contributed by atoms with van der Waals surface area (Å²) < 4.78 is 0. The molecule has 0 atom stereocenters. The summed E-state index contributed by atoms with van der Waals surface area (Å²) in [6.45, 7) is 1.13. The highest BCUT2D eigenvalue weighted by atomic mass is 14.8. The SMILES string of the molecule is CNCC(=CC1CCC1)C1CCCCC1. The second kappa shape index (κ2) is 5.69. The summed E-state index contributed by atoms with van der Waals surface area (Å²) in [4.78, 5) is 0. The van der Waals surface area contributed by atoms with E-state index < -0.39 is 0 Å². The number of likely N-dealkylation sites (N-methyl/N-ethyl adjacent to an activating group) is 1. The van der Waals surface area contributed by atoms with Gasteiger partial charge in [0.05, 0.1) is 0 Å². The van der Waals surface area contributed by atoms with Crippen molar-refractivity contribution in [3.05, 3.63) is 11.6 Å². The molecule has 1 heteroatoms. The Bertz CT molecular complexity index is 209. The lowest BCUT2D eigenvalue weighted by atomic mass is 9.78. The second-order valence-corrected chi connectivity index (χ2v) is 5.30. The zero-order chi connectivity index (χ0) is 10.5. The van der Waals surface area contributed by atoms with Crippen LogP contribution >= 0.6 is 0 Å². The number of rotatable bonds is 4. The van der Waals surface area contributed by atoms with Crippen molar-refractivity contribution < 1.29 is 0 Å². The van der Waals surface area contributed by atoms with Gasteiger partial charge >= 0.3 is 0 Å². The zero-order valence-electron chi connectivity index (χ0n) is 10.1. The van der Waals surface area contributed by atoms with Crippen LogP contribution in [0, 0.1) is 11.8 Å². The van der Waals surface area contributed by atoms with E-state index in [4.69, 9.17) is 0 Å². The van der Waals surface area contributed by atoms with Crippen LogP contribution in [0.25, 0.3) is 0 Å². The molecule has 0 aliphatic heterocycles. The minimum absolute atomic E-state index is 0.909. The highest BCUT2D eigenvalue weighted by Gasteiger charge is 2.21. The first-order chi connectivity index (χ1) is 7.40. The molecule has 1 N–H and O–H groups in total. The Morgan fingerprint density at radius 1 is 1.07 bits per heavy atom. The van der Waals surface area contributed by atoms with Crippen molar-refractivity contribution in [1.29, 1.82) is 0 Å². The van der Waals surface area contributed by atoms with E-state index in [9.17, 15) is 0 Å². The molecule has 2 rings (SSSR count). The Kier molecular flexibility index (Phi) is 4.25. The summed E-state index contributed by atoms with van der Waals surface area (Å²) in [5.41, 5.74) is 1.72. The predicted molar refractivity (Wildman–Crippen MR) is 65.9 cm³/mol. The van der Waals surface area contributed by atoms with Crippen LogP contribution in [0.3, 0.4) is 0 Å². The minimum Gasteiger partial charge on any atom is -0.316 e. The van der Waals surface area contributed by atoms with Gasteiger partial charge in [-0.25, -0.2) is 0 Å². The first-order valence-electron chi connectivity index (χ1n) is 6.75. The van der Waals surface area contributed by atoms with Crippen molar-refractivity contribution >= 4 is 0 Å². The van der Waals surface area contributed by atoms with Gasteiger partial charge in [0.15, 0.2) is 0 Å². The van der Waals surface area contributed by atoms with Gasteiger partial charge < -0.3 is 5.32 Å². The highest BCUT2D eigenvalue weighted by molar-refractivity contribution is 5.12. The standard InChI is InChI=1S/C14H25N/c1-15-11-14(10-12-6-5-7-12)13-8-3-2-4-9-13/h10,12-13,15H,2-9,11H2,1H3. The van der Waals surface area contributed by atoms with Crippen LogP contribution in [0.1, 0.15) is 51.4 Å². The van der Waals surface area contributed by atoms with Crippen LogP contribution in [0.4, 0.5) is 0 Å². The van der Waals surface area contributed by atoms with Crippen LogP contribution in [-0.4, -0.2) is 13.6 Å². The zero-order valence-corrected chi connectivity index (χ0v) is 10.1. The molecule has 0 saturated heterocycles. The Morgan fingerprint density at radius 2 is 1.80 bits per heavy atom. The summed E-state index contributed by atoms with van der Waals surface area (Å²) in [6, 6.07) is 0. The fourth-order valence-electron chi connectivity index (χ4n) is 2.93. The Morgan fingerprint density at radius 3 is 2.33 bits per heavy atom. The molecule has 15 heavy (non-hydrogen) atoms. The highest BCUT2D eigenvalue weighted by Crippen LogP contribution is 2.34. The van der Waals surface area contributed by atoms with Crippen LogP contribution in [0.5, 0.6) is 0 Å². The van der Waals surface area contributed by atoms with Crippen molar-refractivity contribution in [2.45, 2.75) is 51.4 Å². The molecule has 0 unspecified atom stereocenters. The van der Waals surface area contributed by atoms with Gasteiger partial charge in [-0.3, -0.25) is 0 Å². The predicted octanol–water partition coefficient (Wildman–Crippen LogP) is 3.51. The first kappa shape index (κ1) is 11.2. The van der Waals surface area contributed by atoms with E-state index in [0.29, 0.717) is 0 Å². The van der Waals surface area contributed by atoms with Gasteiger partial charge in [-0.2, -0.15) is 0 Å². The topological polar surface area (TPSA) is 12.0 Å². The van der Waals surface area contributed by atoms with Crippen molar-refractivity contribution in [3.8, 4) is 0 Å². The number of hydrogen-bond donors (Lipinski definition) is 1. The van der Waals surface area contributed by atoms with E-state index in [2.05, 4.69) is 18.4 Å². The van der Waals surface area contributed by atoms with E-state index in [1.54, 1.807) is 5.57 Å². The molecule has 2 saturated carbocycles. The van der Waals surface area contributed by atoms with Gasteiger partial charge in [-0.1, -0.05) is 37.3 Å². The molecule has 0 aromatic heterocycles. The molecule has 2 fully saturated rings. The molecule has 0 radical (unpaired) electrons. The number of hydrogen-bond acceptors (Lipinski definition) is 1. The van der Waals surface area contributed by atoms with E-state index in [-0.39, 0.29) is 0 Å². The average Bonchev–Trinajstić information content (AvgIpc) is 2.23. The summed E-state index contributed by atoms with van der Waals surface area (Å²) in [5, 5.41) is 3.35. The average molecular weight is 207 g/mol. The van der Waals surface area contributed by atoms with Crippen LogP contribution < -0.4 is 5.32 Å². The van der Waals surface area contributed by atoms with Gasteiger partial charge in [-0.15, -0.1) is 0 Å². The maximum Gasteiger partial charge on any atom is 0.0164 e. The van der Waals surface area contributed by atoms with Crippen molar-refractivity contribution in [1.82, 2.24) is 5.32 Å². The molecule has 0 amide bonds. The fourth-order valence-corrected chi connectivity index (χ4v) is 2.93. The molecule has 2 aliphatic rings. The van der Waals surface area contributed by atoms with Crippen LogP contribution in [0.15, 0.2) is 11.6 Å². The van der Waals surface area contributed by atoms with E-state index in [1.807, 2.05) is 0 Å². The monoisotopic (exact) mass is 207 g/mol. The summed E-state index contributed by atoms with van der Waals surface area (Å²) in [6.07, 6.45) is 14.2. The summed E-state index contributed by atoms with van der Waals surface area (Å²) in [7, 11) is 2.08. The molecule has 0 aromatic rings. The largest absolute Gasteiger partial charge is 0.316 e. The Hall–Kier alpha value is -0.300. The number of nitrogens with one attached hydrogen (secondary N) is 1. The smallest absolute Gasteiger partial charge is 0.0164 e. The molecule has 0 heterocycles. The third-order valence-corrected chi connectivity index (χ3v) is 4.11. The van der Waals surface area contributed by atoms with Gasteiger partial charge in [-0.05, 0) is 44.6 Å². The maximum atomic E-state index is 3.35. The van der Waals surface area contributed by atoms with Crippen molar-refractivity contribution in [2.24, 2.45) is 11.8 Å². The van der Waals surface area contributed by atoms with Crippen molar-refractivity contribution in [2.75, 3.05) is 13.6 Å². The third-order valence-electron chi connectivity index (χ3n) is 4.11. The van der Waals surface area contributed by atoms with Gasteiger partial charge in [0.1, 0.15) is 0 Å². The summed E-state index contributed by atoms with van der Waals surface area (Å²) >= 11 is 0. The lowest BCUT2D eigenvalue weighted by Gasteiger charge is -2.29. The van der Waals surface area contributed by atoms with E-state index in [1.165, 1.54) is 51.4 Å². The maximum absolute atomic E-state index is 3.35. The molecule has 0 bridgehead atoms. The molecule has 2 aliphatic carbocycles. The van der Waals surface area contributed by atoms with E-state index in [0.717, 1.165) is 18.4 Å². The molecule has 1 nitrogen and oxygen atoms in total. The van der Waals surface area contributed by atoms with Crippen LogP contribution in [-0.2, 0) is 0 Å². The molecule has 0 spiro atoms. The molecular formula is C14H25N. The second-order valence-electron chi connectivity index (χ2n) is 5.30. The number of allylic oxidation sites excluding steroid dienone is 1. The first-order valence-corrected chi connectivity index (χ1v) is 6.75. The van der Waals surface area contributed by atoms with E-state index >= 15 is 0 Å².